The molecule has 0 aliphatic heterocycles. The summed E-state index contributed by atoms with van der Waals surface area (Å²) in [6.45, 7) is 4.73. The highest BCUT2D eigenvalue weighted by atomic mass is 15.1. The first-order valence-electron chi connectivity index (χ1n) is 17.4. The highest BCUT2D eigenvalue weighted by molar-refractivity contribution is 5.96. The summed E-state index contributed by atoms with van der Waals surface area (Å²) < 4.78 is 0. The maximum Gasteiger partial charge on any atom is 0.0473 e. The van der Waals surface area contributed by atoms with Gasteiger partial charge in [0.2, 0.25) is 0 Å². The van der Waals surface area contributed by atoms with Crippen molar-refractivity contribution >= 4 is 27.8 Å². The van der Waals surface area contributed by atoms with E-state index in [1.807, 2.05) is 0 Å². The molecule has 8 aromatic carbocycles. The van der Waals surface area contributed by atoms with Crippen LogP contribution in [0.2, 0.25) is 0 Å². The SMILES string of the molecule is CC1(C)c2ccc(N(c3cc(-c4ccccc4)cc(-c4ccccc4)c3)c3ccc4ccccc4c3)cc2-c2c(-c3ccccc3)cccc21. The Morgan fingerprint density at radius 1 is 0.340 bits per heavy atom. The average Bonchev–Trinajstić information content (AvgIpc) is 3.41. The van der Waals surface area contributed by atoms with E-state index in [9.17, 15) is 0 Å². The van der Waals surface area contributed by atoms with Crippen molar-refractivity contribution in [2.45, 2.75) is 19.3 Å². The lowest BCUT2D eigenvalue weighted by Crippen LogP contribution is -2.15. The predicted octanol–water partition coefficient (Wildman–Crippen LogP) is 13.6. The van der Waals surface area contributed by atoms with Gasteiger partial charge in [-0.2, -0.15) is 0 Å². The lowest BCUT2D eigenvalue weighted by molar-refractivity contribution is 0.660. The van der Waals surface area contributed by atoms with Crippen LogP contribution in [0.1, 0.15) is 25.0 Å². The Morgan fingerprint density at radius 2 is 0.900 bits per heavy atom. The molecule has 0 fully saturated rings. The number of benzene rings is 8. The van der Waals surface area contributed by atoms with Crippen LogP contribution in [0, 0.1) is 0 Å². The van der Waals surface area contributed by atoms with Crippen molar-refractivity contribution in [3.05, 3.63) is 199 Å². The van der Waals surface area contributed by atoms with Crippen molar-refractivity contribution in [1.82, 2.24) is 0 Å². The molecule has 0 radical (unpaired) electrons. The van der Waals surface area contributed by atoms with Gasteiger partial charge in [-0.1, -0.05) is 159 Å². The van der Waals surface area contributed by atoms with Gasteiger partial charge >= 0.3 is 0 Å². The number of fused-ring (bicyclic) bond motifs is 4. The Kier molecular flexibility index (Phi) is 7.21. The maximum absolute atomic E-state index is 2.45. The molecule has 0 saturated heterocycles. The summed E-state index contributed by atoms with van der Waals surface area (Å²) >= 11 is 0. The third-order valence-corrected chi connectivity index (χ3v) is 10.4. The lowest BCUT2D eigenvalue weighted by Gasteiger charge is -2.28. The fraction of sp³-hybridized carbons (Fsp3) is 0.0612. The fourth-order valence-corrected chi connectivity index (χ4v) is 7.89. The van der Waals surface area contributed by atoms with Crippen LogP contribution in [-0.4, -0.2) is 0 Å². The van der Waals surface area contributed by atoms with E-state index in [-0.39, 0.29) is 5.41 Å². The normalized spacial score (nSPS) is 12.8. The van der Waals surface area contributed by atoms with Crippen LogP contribution >= 0.6 is 0 Å². The molecule has 9 rings (SSSR count). The molecule has 0 N–H and O–H groups in total. The average molecular weight is 640 g/mol. The summed E-state index contributed by atoms with van der Waals surface area (Å²) in [5, 5.41) is 2.45. The molecule has 0 spiro atoms. The van der Waals surface area contributed by atoms with Gasteiger partial charge in [-0.3, -0.25) is 0 Å². The first kappa shape index (κ1) is 29.9. The number of rotatable bonds is 6. The standard InChI is InChI=1S/C49H37N/c1-49(2)46-28-27-42(33-45(46)48-44(23-14-24-47(48)49)37-20-10-5-11-21-37)50(41-26-25-36-19-12-13-22-38(36)30-41)43-31-39(34-15-6-3-7-16-34)29-40(32-43)35-17-8-4-9-18-35/h3-33H,1-2H3. The minimum Gasteiger partial charge on any atom is -0.310 e. The molecule has 8 aromatic rings. The third kappa shape index (κ3) is 5.11. The van der Waals surface area contributed by atoms with Gasteiger partial charge in [0.1, 0.15) is 0 Å². The van der Waals surface area contributed by atoms with Gasteiger partial charge in [-0.25, -0.2) is 0 Å². The third-order valence-electron chi connectivity index (χ3n) is 10.4. The summed E-state index contributed by atoms with van der Waals surface area (Å²) in [6, 6.07) is 68.7. The Hall–Kier alpha value is -6.18. The highest BCUT2D eigenvalue weighted by Gasteiger charge is 2.37. The van der Waals surface area contributed by atoms with E-state index in [2.05, 4.69) is 207 Å². The second-order valence-electron chi connectivity index (χ2n) is 13.8. The molecule has 0 atom stereocenters. The smallest absolute Gasteiger partial charge is 0.0473 e. The van der Waals surface area contributed by atoms with Gasteiger partial charge in [0, 0.05) is 22.5 Å². The van der Waals surface area contributed by atoms with E-state index in [1.54, 1.807) is 0 Å². The minimum atomic E-state index is -0.116. The van der Waals surface area contributed by atoms with Crippen molar-refractivity contribution in [2.24, 2.45) is 0 Å². The van der Waals surface area contributed by atoms with Crippen LogP contribution in [0.4, 0.5) is 17.1 Å². The van der Waals surface area contributed by atoms with Crippen LogP contribution in [0.3, 0.4) is 0 Å². The van der Waals surface area contributed by atoms with Crippen LogP contribution in [0.25, 0.3) is 55.3 Å². The van der Waals surface area contributed by atoms with E-state index in [0.29, 0.717) is 0 Å². The Labute approximate surface area is 294 Å². The highest BCUT2D eigenvalue weighted by Crippen LogP contribution is 2.54. The van der Waals surface area contributed by atoms with Crippen molar-refractivity contribution < 1.29 is 0 Å². The Morgan fingerprint density at radius 3 is 1.56 bits per heavy atom. The van der Waals surface area contributed by atoms with Crippen LogP contribution in [-0.2, 0) is 5.41 Å². The number of anilines is 3. The van der Waals surface area contributed by atoms with Crippen LogP contribution in [0.5, 0.6) is 0 Å². The number of nitrogens with zero attached hydrogens (tertiary/aromatic N) is 1. The molecule has 0 heterocycles. The van der Waals surface area contributed by atoms with E-state index in [4.69, 9.17) is 0 Å². The van der Waals surface area contributed by atoms with Crippen molar-refractivity contribution in [3.8, 4) is 44.5 Å². The zero-order chi connectivity index (χ0) is 33.7. The lowest BCUT2D eigenvalue weighted by atomic mass is 9.82. The number of hydrogen-bond acceptors (Lipinski definition) is 1. The molecule has 238 valence electrons. The summed E-state index contributed by atoms with van der Waals surface area (Å²) in [5.41, 5.74) is 15.9. The Bertz CT molecular complexity index is 2440. The zero-order valence-electron chi connectivity index (χ0n) is 28.3. The predicted molar refractivity (Wildman–Crippen MR) is 213 cm³/mol. The molecule has 1 heteroatoms. The van der Waals surface area contributed by atoms with Crippen molar-refractivity contribution in [1.29, 1.82) is 0 Å². The molecule has 0 saturated carbocycles. The molecule has 0 amide bonds. The van der Waals surface area contributed by atoms with Gasteiger partial charge in [-0.05, 0) is 109 Å². The van der Waals surface area contributed by atoms with E-state index < -0.39 is 0 Å². The van der Waals surface area contributed by atoms with Gasteiger partial charge in [0.05, 0.1) is 0 Å². The quantitative estimate of drug-likeness (QED) is 0.175. The number of hydrogen-bond donors (Lipinski definition) is 0. The second-order valence-corrected chi connectivity index (χ2v) is 13.8. The molecular weight excluding hydrogens is 603 g/mol. The fourth-order valence-electron chi connectivity index (χ4n) is 7.89. The molecule has 1 aliphatic carbocycles. The first-order valence-corrected chi connectivity index (χ1v) is 17.4. The maximum atomic E-state index is 2.45. The Balaban J connectivity index is 1.31. The minimum absolute atomic E-state index is 0.116. The summed E-state index contributed by atoms with van der Waals surface area (Å²) in [7, 11) is 0. The summed E-state index contributed by atoms with van der Waals surface area (Å²) in [4.78, 5) is 2.45. The molecule has 0 bridgehead atoms. The largest absolute Gasteiger partial charge is 0.310 e. The molecule has 0 unspecified atom stereocenters. The molecule has 50 heavy (non-hydrogen) atoms. The molecular formula is C49H37N. The summed E-state index contributed by atoms with van der Waals surface area (Å²) in [6.07, 6.45) is 0. The first-order chi connectivity index (χ1) is 24.5. The molecule has 1 aliphatic rings. The van der Waals surface area contributed by atoms with E-state index >= 15 is 0 Å². The molecule has 1 nitrogen and oxygen atoms in total. The molecule has 0 aromatic heterocycles. The van der Waals surface area contributed by atoms with Crippen LogP contribution < -0.4 is 4.90 Å². The second kappa shape index (κ2) is 12.1. The van der Waals surface area contributed by atoms with Crippen molar-refractivity contribution in [3.63, 3.8) is 0 Å². The van der Waals surface area contributed by atoms with Gasteiger partial charge < -0.3 is 4.90 Å². The zero-order valence-corrected chi connectivity index (χ0v) is 28.3. The van der Waals surface area contributed by atoms with Crippen molar-refractivity contribution in [2.75, 3.05) is 4.90 Å². The van der Waals surface area contributed by atoms with Gasteiger partial charge in [-0.15, -0.1) is 0 Å². The van der Waals surface area contributed by atoms with E-state index in [1.165, 1.54) is 66.4 Å². The topological polar surface area (TPSA) is 3.24 Å². The monoisotopic (exact) mass is 639 g/mol. The van der Waals surface area contributed by atoms with E-state index in [0.717, 1.165) is 17.1 Å². The van der Waals surface area contributed by atoms with Gasteiger partial charge in [0.25, 0.3) is 0 Å². The summed E-state index contributed by atoms with van der Waals surface area (Å²) in [5.74, 6) is 0. The van der Waals surface area contributed by atoms with Crippen LogP contribution in [0.15, 0.2) is 188 Å². The van der Waals surface area contributed by atoms with Gasteiger partial charge in [0.15, 0.2) is 0 Å².